The predicted octanol–water partition coefficient (Wildman–Crippen LogP) is 1.19. The van der Waals surface area contributed by atoms with Crippen molar-refractivity contribution < 1.29 is 8.42 Å². The third-order valence-corrected chi connectivity index (χ3v) is 7.19. The second kappa shape index (κ2) is 8.33. The molecule has 1 heterocycles. The van der Waals surface area contributed by atoms with Crippen molar-refractivity contribution in [3.05, 3.63) is 0 Å². The molecule has 1 saturated heterocycles. The maximum atomic E-state index is 12.1. The van der Waals surface area contributed by atoms with Crippen LogP contribution >= 0.6 is 0 Å². The van der Waals surface area contributed by atoms with E-state index in [9.17, 15) is 8.42 Å². The highest BCUT2D eigenvalue weighted by molar-refractivity contribution is 7.92. The second-order valence-corrected chi connectivity index (χ2v) is 10.00. The van der Waals surface area contributed by atoms with Gasteiger partial charge in [0.05, 0.1) is 10.5 Å². The van der Waals surface area contributed by atoms with Crippen LogP contribution < -0.4 is 5.32 Å². The number of guanidine groups is 1. The normalized spacial score (nSPS) is 21.0. The van der Waals surface area contributed by atoms with Crippen LogP contribution in [0.15, 0.2) is 4.99 Å². The molecule has 1 aliphatic heterocycles. The van der Waals surface area contributed by atoms with E-state index in [1.807, 2.05) is 0 Å². The second-order valence-electron chi connectivity index (χ2n) is 7.26. The molecule has 0 aromatic carbocycles. The van der Waals surface area contributed by atoms with Crippen molar-refractivity contribution in [3.8, 4) is 0 Å². The summed E-state index contributed by atoms with van der Waals surface area (Å²) in [5.74, 6) is 1.00. The lowest BCUT2D eigenvalue weighted by Crippen LogP contribution is -2.57. The molecule has 23 heavy (non-hydrogen) atoms. The molecule has 1 rings (SSSR count). The quantitative estimate of drug-likeness (QED) is 0.445. The van der Waals surface area contributed by atoms with E-state index >= 15 is 0 Å². The third kappa shape index (κ3) is 5.64. The molecule has 0 aliphatic carbocycles. The first-order valence-electron chi connectivity index (χ1n) is 8.49. The Bertz CT molecular complexity index is 500. The summed E-state index contributed by atoms with van der Waals surface area (Å²) in [5, 5.41) is 3.37. The molecule has 0 radical (unpaired) electrons. The van der Waals surface area contributed by atoms with E-state index in [0.29, 0.717) is 19.1 Å². The van der Waals surface area contributed by atoms with Crippen LogP contribution in [-0.2, 0) is 9.84 Å². The van der Waals surface area contributed by atoms with Crippen LogP contribution in [0.2, 0.25) is 0 Å². The van der Waals surface area contributed by atoms with E-state index in [-0.39, 0.29) is 5.75 Å². The molecular formula is C16H34N4O2S. The molecule has 0 atom stereocenters. The zero-order chi connectivity index (χ0) is 17.7. The summed E-state index contributed by atoms with van der Waals surface area (Å²) in [5.41, 5.74) is 0. The van der Waals surface area contributed by atoms with Gasteiger partial charge in [0, 0.05) is 32.7 Å². The van der Waals surface area contributed by atoms with Gasteiger partial charge in [0.15, 0.2) is 15.8 Å². The molecule has 0 bridgehead atoms. The van der Waals surface area contributed by atoms with Crippen LogP contribution in [-0.4, -0.2) is 81.0 Å². The SMILES string of the molecule is CN=C(NCCCCN(C)C(C)C)N1CCS(=O)(=O)C(C)(C)C1. The first-order chi connectivity index (χ1) is 10.6. The molecule has 6 nitrogen and oxygen atoms in total. The highest BCUT2D eigenvalue weighted by atomic mass is 32.2. The minimum Gasteiger partial charge on any atom is -0.356 e. The van der Waals surface area contributed by atoms with E-state index in [1.165, 1.54) is 0 Å². The van der Waals surface area contributed by atoms with Crippen LogP contribution in [0, 0.1) is 0 Å². The minimum absolute atomic E-state index is 0.194. The Hall–Kier alpha value is -0.820. The van der Waals surface area contributed by atoms with Crippen molar-refractivity contribution in [2.45, 2.75) is 51.3 Å². The van der Waals surface area contributed by atoms with Crippen molar-refractivity contribution in [2.24, 2.45) is 4.99 Å². The molecule has 0 unspecified atom stereocenters. The summed E-state index contributed by atoms with van der Waals surface area (Å²) in [6, 6.07) is 0.577. The van der Waals surface area contributed by atoms with Crippen LogP contribution in [0.3, 0.4) is 0 Å². The predicted molar refractivity (Wildman–Crippen MR) is 97.8 cm³/mol. The molecule has 136 valence electrons. The number of unbranched alkanes of at least 4 members (excludes halogenated alkanes) is 1. The fourth-order valence-electron chi connectivity index (χ4n) is 2.60. The molecule has 1 fully saturated rings. The van der Waals surface area contributed by atoms with E-state index < -0.39 is 14.6 Å². The van der Waals surface area contributed by atoms with Gasteiger partial charge in [-0.05, 0) is 54.1 Å². The Morgan fingerprint density at radius 2 is 2.00 bits per heavy atom. The van der Waals surface area contributed by atoms with E-state index in [0.717, 1.165) is 31.9 Å². The summed E-state index contributed by atoms with van der Waals surface area (Å²) >= 11 is 0. The molecular weight excluding hydrogens is 312 g/mol. The maximum Gasteiger partial charge on any atom is 0.193 e. The number of hydrogen-bond donors (Lipinski definition) is 1. The van der Waals surface area contributed by atoms with E-state index in [4.69, 9.17) is 0 Å². The maximum absolute atomic E-state index is 12.1. The number of nitrogens with zero attached hydrogens (tertiary/aromatic N) is 3. The van der Waals surface area contributed by atoms with Crippen molar-refractivity contribution in [1.29, 1.82) is 0 Å². The largest absolute Gasteiger partial charge is 0.356 e. The number of sulfone groups is 1. The monoisotopic (exact) mass is 346 g/mol. The number of aliphatic imine (C=N–C) groups is 1. The zero-order valence-corrected chi connectivity index (χ0v) is 16.4. The fourth-order valence-corrected chi connectivity index (χ4v) is 3.97. The van der Waals surface area contributed by atoms with Crippen molar-refractivity contribution in [3.63, 3.8) is 0 Å². The van der Waals surface area contributed by atoms with E-state index in [2.05, 4.69) is 41.0 Å². The molecule has 0 aromatic heterocycles. The van der Waals surface area contributed by atoms with Gasteiger partial charge >= 0.3 is 0 Å². The molecule has 1 N–H and O–H groups in total. The first-order valence-corrected chi connectivity index (χ1v) is 10.1. The van der Waals surface area contributed by atoms with Gasteiger partial charge in [-0.3, -0.25) is 4.99 Å². The topological polar surface area (TPSA) is 65.0 Å². The summed E-state index contributed by atoms with van der Waals surface area (Å²) in [6.45, 7) is 11.0. The highest BCUT2D eigenvalue weighted by Crippen LogP contribution is 2.23. The summed E-state index contributed by atoms with van der Waals surface area (Å²) in [6.07, 6.45) is 2.21. The van der Waals surface area contributed by atoms with Crippen LogP contribution in [0.5, 0.6) is 0 Å². The molecule has 0 amide bonds. The zero-order valence-electron chi connectivity index (χ0n) is 15.6. The van der Waals surface area contributed by atoms with E-state index in [1.54, 1.807) is 20.9 Å². The Balaban J connectivity index is 2.41. The Kier molecular flexibility index (Phi) is 7.32. The summed E-state index contributed by atoms with van der Waals surface area (Å²) < 4.78 is 23.5. The minimum atomic E-state index is -3.01. The van der Waals surface area contributed by atoms with Gasteiger partial charge in [0.2, 0.25) is 0 Å². The molecule has 0 saturated carbocycles. The Morgan fingerprint density at radius 3 is 2.52 bits per heavy atom. The van der Waals surface area contributed by atoms with Crippen LogP contribution in [0.4, 0.5) is 0 Å². The standard InChI is InChI=1S/C16H34N4O2S/c1-14(2)19(6)10-8-7-9-18-15(17-5)20-11-12-23(21,22)16(3,4)13-20/h14H,7-13H2,1-6H3,(H,17,18). The lowest BCUT2D eigenvalue weighted by atomic mass is 10.2. The molecule has 0 aromatic rings. The Morgan fingerprint density at radius 1 is 1.35 bits per heavy atom. The first kappa shape index (κ1) is 20.2. The van der Waals surface area contributed by atoms with Gasteiger partial charge in [-0.15, -0.1) is 0 Å². The van der Waals surface area contributed by atoms with Crippen molar-refractivity contribution in [1.82, 2.24) is 15.1 Å². The fraction of sp³-hybridized carbons (Fsp3) is 0.938. The van der Waals surface area contributed by atoms with Gasteiger partial charge < -0.3 is 15.1 Å². The van der Waals surface area contributed by atoms with Crippen molar-refractivity contribution >= 4 is 15.8 Å². The van der Waals surface area contributed by atoms with Crippen molar-refractivity contribution in [2.75, 3.05) is 46.0 Å². The average Bonchev–Trinajstić information content (AvgIpc) is 2.45. The highest BCUT2D eigenvalue weighted by Gasteiger charge is 2.40. The molecule has 1 aliphatic rings. The number of hydrogen-bond acceptors (Lipinski definition) is 4. The molecule has 7 heteroatoms. The van der Waals surface area contributed by atoms with Crippen LogP contribution in [0.1, 0.15) is 40.5 Å². The summed E-state index contributed by atoms with van der Waals surface area (Å²) in [4.78, 5) is 8.71. The number of nitrogens with one attached hydrogen (secondary N) is 1. The lowest BCUT2D eigenvalue weighted by molar-refractivity contribution is 0.268. The van der Waals surface area contributed by atoms with Gasteiger partial charge in [0.25, 0.3) is 0 Å². The smallest absolute Gasteiger partial charge is 0.193 e. The van der Waals surface area contributed by atoms with Gasteiger partial charge in [-0.25, -0.2) is 8.42 Å². The van der Waals surface area contributed by atoms with Gasteiger partial charge in [-0.1, -0.05) is 0 Å². The van der Waals surface area contributed by atoms with Crippen LogP contribution in [0.25, 0.3) is 0 Å². The van der Waals surface area contributed by atoms with Gasteiger partial charge in [0.1, 0.15) is 0 Å². The van der Waals surface area contributed by atoms with Gasteiger partial charge in [-0.2, -0.15) is 0 Å². The Labute approximate surface area is 142 Å². The number of rotatable bonds is 6. The lowest BCUT2D eigenvalue weighted by Gasteiger charge is -2.39. The molecule has 0 spiro atoms. The average molecular weight is 347 g/mol. The summed E-state index contributed by atoms with van der Waals surface area (Å²) in [7, 11) is 0.889. The third-order valence-electron chi connectivity index (χ3n) is 4.66.